The molecule has 1 aliphatic rings. The summed E-state index contributed by atoms with van der Waals surface area (Å²) in [5.41, 5.74) is 1.22. The molecule has 0 bridgehead atoms. The van der Waals surface area contributed by atoms with Crippen LogP contribution in [-0.4, -0.2) is 28.5 Å². The molecular weight excluding hydrogens is 306 g/mol. The van der Waals surface area contributed by atoms with Gasteiger partial charge < -0.3 is 10.1 Å². The Balaban J connectivity index is 2.23. The van der Waals surface area contributed by atoms with Crippen molar-refractivity contribution in [2.24, 2.45) is 0 Å². The average Bonchev–Trinajstić information content (AvgIpc) is 2.98. The van der Waals surface area contributed by atoms with Crippen molar-refractivity contribution in [3.8, 4) is 0 Å². The van der Waals surface area contributed by atoms with Gasteiger partial charge in [0.25, 0.3) is 0 Å². The number of hydrogen-bond acceptors (Lipinski definition) is 3. The minimum Gasteiger partial charge on any atom is -0.373 e. The van der Waals surface area contributed by atoms with E-state index in [9.17, 15) is 0 Å². The van der Waals surface area contributed by atoms with Gasteiger partial charge in [0.1, 0.15) is 0 Å². The van der Waals surface area contributed by atoms with Crippen LogP contribution < -0.4 is 5.32 Å². The molecule has 108 valence electrons. The summed E-state index contributed by atoms with van der Waals surface area (Å²) < 4.78 is 9.21. The first-order valence-electron chi connectivity index (χ1n) is 7.27. The van der Waals surface area contributed by atoms with Crippen molar-refractivity contribution in [1.29, 1.82) is 0 Å². The lowest BCUT2D eigenvalue weighted by Crippen LogP contribution is -2.34. The SMILES string of the molecule is CCCNC(c1c(Br)cnn1CC)C1CCC(C)O1. The summed E-state index contributed by atoms with van der Waals surface area (Å²) in [5.74, 6) is 0. The van der Waals surface area contributed by atoms with Gasteiger partial charge in [0.05, 0.1) is 34.6 Å². The minimum absolute atomic E-state index is 0.224. The average molecular weight is 330 g/mol. The number of aryl methyl sites for hydroxylation is 1. The molecule has 1 saturated heterocycles. The molecule has 2 rings (SSSR count). The van der Waals surface area contributed by atoms with Crippen LogP contribution in [0.15, 0.2) is 10.7 Å². The molecule has 1 aromatic rings. The van der Waals surface area contributed by atoms with Crippen LogP contribution in [0.1, 0.15) is 51.8 Å². The Morgan fingerprint density at radius 2 is 2.32 bits per heavy atom. The molecule has 0 saturated carbocycles. The fourth-order valence-corrected chi connectivity index (χ4v) is 3.26. The summed E-state index contributed by atoms with van der Waals surface area (Å²) in [6, 6.07) is 0.224. The van der Waals surface area contributed by atoms with Gasteiger partial charge in [-0.15, -0.1) is 0 Å². The summed E-state index contributed by atoms with van der Waals surface area (Å²) in [6.45, 7) is 8.35. The van der Waals surface area contributed by atoms with Crippen LogP contribution in [-0.2, 0) is 11.3 Å². The van der Waals surface area contributed by atoms with E-state index in [0.717, 1.165) is 36.8 Å². The van der Waals surface area contributed by atoms with Crippen LogP contribution in [0.4, 0.5) is 0 Å². The minimum atomic E-state index is 0.224. The molecule has 1 aromatic heterocycles. The molecule has 5 heteroatoms. The smallest absolute Gasteiger partial charge is 0.0790 e. The molecule has 0 amide bonds. The number of ether oxygens (including phenoxy) is 1. The molecule has 1 N–H and O–H groups in total. The number of halogens is 1. The van der Waals surface area contributed by atoms with E-state index in [2.05, 4.69) is 51.8 Å². The lowest BCUT2D eigenvalue weighted by molar-refractivity contribution is 0.0295. The van der Waals surface area contributed by atoms with E-state index in [1.54, 1.807) is 0 Å². The topological polar surface area (TPSA) is 39.1 Å². The predicted molar refractivity (Wildman–Crippen MR) is 80.2 cm³/mol. The predicted octanol–water partition coefficient (Wildman–Crippen LogP) is 3.27. The number of nitrogens with zero attached hydrogens (tertiary/aromatic N) is 2. The van der Waals surface area contributed by atoms with Crippen LogP contribution in [0.3, 0.4) is 0 Å². The van der Waals surface area contributed by atoms with E-state index in [0.29, 0.717) is 6.10 Å². The van der Waals surface area contributed by atoms with Gasteiger partial charge in [0.2, 0.25) is 0 Å². The first-order valence-corrected chi connectivity index (χ1v) is 8.06. The van der Waals surface area contributed by atoms with Crippen molar-refractivity contribution < 1.29 is 4.74 Å². The maximum Gasteiger partial charge on any atom is 0.0790 e. The Labute approximate surface area is 124 Å². The molecule has 3 atom stereocenters. The van der Waals surface area contributed by atoms with Crippen LogP contribution in [0, 0.1) is 0 Å². The van der Waals surface area contributed by atoms with E-state index in [1.807, 2.05) is 6.20 Å². The summed E-state index contributed by atoms with van der Waals surface area (Å²) in [7, 11) is 0. The summed E-state index contributed by atoms with van der Waals surface area (Å²) in [4.78, 5) is 0. The molecule has 0 aromatic carbocycles. The largest absolute Gasteiger partial charge is 0.373 e. The molecule has 4 nitrogen and oxygen atoms in total. The van der Waals surface area contributed by atoms with Crippen molar-refractivity contribution >= 4 is 15.9 Å². The Hall–Kier alpha value is -0.390. The fourth-order valence-electron chi connectivity index (χ4n) is 2.72. The number of aromatic nitrogens is 2. The molecule has 0 radical (unpaired) electrons. The molecule has 3 unspecified atom stereocenters. The van der Waals surface area contributed by atoms with Gasteiger partial charge in [-0.05, 0) is 55.6 Å². The van der Waals surface area contributed by atoms with Crippen molar-refractivity contribution in [3.63, 3.8) is 0 Å². The van der Waals surface area contributed by atoms with E-state index in [4.69, 9.17) is 4.74 Å². The zero-order valence-electron chi connectivity index (χ0n) is 12.0. The second-order valence-electron chi connectivity index (χ2n) is 5.19. The summed E-state index contributed by atoms with van der Waals surface area (Å²) >= 11 is 3.63. The molecule has 1 aliphatic heterocycles. The molecule has 19 heavy (non-hydrogen) atoms. The normalized spacial score (nSPS) is 24.8. The van der Waals surface area contributed by atoms with E-state index >= 15 is 0 Å². The molecule has 0 aliphatic carbocycles. The van der Waals surface area contributed by atoms with Crippen molar-refractivity contribution in [2.45, 2.75) is 64.8 Å². The third-order valence-corrected chi connectivity index (χ3v) is 4.29. The Kier molecular flexibility index (Phi) is 5.42. The zero-order chi connectivity index (χ0) is 13.8. The van der Waals surface area contributed by atoms with E-state index in [1.165, 1.54) is 5.69 Å². The van der Waals surface area contributed by atoms with Crippen molar-refractivity contribution in [3.05, 3.63) is 16.4 Å². The summed E-state index contributed by atoms with van der Waals surface area (Å²) in [6.07, 6.45) is 5.89. The lowest BCUT2D eigenvalue weighted by Gasteiger charge is -2.26. The van der Waals surface area contributed by atoms with Gasteiger partial charge in [-0.2, -0.15) is 5.10 Å². The van der Waals surface area contributed by atoms with Gasteiger partial charge in [0, 0.05) is 6.54 Å². The molecule has 2 heterocycles. The van der Waals surface area contributed by atoms with Gasteiger partial charge in [-0.3, -0.25) is 4.68 Å². The highest BCUT2D eigenvalue weighted by atomic mass is 79.9. The van der Waals surface area contributed by atoms with Gasteiger partial charge in [-0.25, -0.2) is 0 Å². The lowest BCUT2D eigenvalue weighted by atomic mass is 10.0. The highest BCUT2D eigenvalue weighted by Gasteiger charge is 2.33. The van der Waals surface area contributed by atoms with E-state index < -0.39 is 0 Å². The third-order valence-electron chi connectivity index (χ3n) is 3.68. The molecule has 0 spiro atoms. The van der Waals surface area contributed by atoms with Crippen LogP contribution >= 0.6 is 15.9 Å². The Morgan fingerprint density at radius 3 is 2.89 bits per heavy atom. The number of nitrogens with one attached hydrogen (secondary N) is 1. The Bertz CT molecular complexity index is 407. The number of rotatable bonds is 6. The fraction of sp³-hybridized carbons (Fsp3) is 0.786. The maximum atomic E-state index is 6.07. The van der Waals surface area contributed by atoms with Crippen LogP contribution in [0.5, 0.6) is 0 Å². The summed E-state index contributed by atoms with van der Waals surface area (Å²) in [5, 5.41) is 8.06. The second kappa shape index (κ2) is 6.86. The monoisotopic (exact) mass is 329 g/mol. The Morgan fingerprint density at radius 1 is 1.53 bits per heavy atom. The van der Waals surface area contributed by atoms with Crippen LogP contribution in [0.2, 0.25) is 0 Å². The highest BCUT2D eigenvalue weighted by molar-refractivity contribution is 9.10. The standard InChI is InChI=1S/C14H24BrN3O/c1-4-8-16-13(12-7-6-10(3)19-12)14-11(15)9-17-18(14)5-2/h9-10,12-13,16H,4-8H2,1-3H3. The first kappa shape index (κ1) is 15.0. The van der Waals surface area contributed by atoms with Crippen molar-refractivity contribution in [2.75, 3.05) is 6.54 Å². The molecular formula is C14H24BrN3O. The first-order chi connectivity index (χ1) is 9.17. The highest BCUT2D eigenvalue weighted by Crippen LogP contribution is 2.33. The number of hydrogen-bond donors (Lipinski definition) is 1. The van der Waals surface area contributed by atoms with Crippen molar-refractivity contribution in [1.82, 2.24) is 15.1 Å². The van der Waals surface area contributed by atoms with Gasteiger partial charge >= 0.3 is 0 Å². The second-order valence-corrected chi connectivity index (χ2v) is 6.04. The van der Waals surface area contributed by atoms with E-state index in [-0.39, 0.29) is 12.1 Å². The van der Waals surface area contributed by atoms with Crippen LogP contribution in [0.25, 0.3) is 0 Å². The maximum absolute atomic E-state index is 6.07. The van der Waals surface area contributed by atoms with Gasteiger partial charge in [0.15, 0.2) is 0 Å². The molecule has 1 fully saturated rings. The zero-order valence-corrected chi connectivity index (χ0v) is 13.6. The third kappa shape index (κ3) is 3.38. The quantitative estimate of drug-likeness (QED) is 0.870. The van der Waals surface area contributed by atoms with Gasteiger partial charge in [-0.1, -0.05) is 6.92 Å².